The van der Waals surface area contributed by atoms with Gasteiger partial charge in [0.05, 0.1) is 23.7 Å². The maximum atomic E-state index is 10.3. The number of aliphatic carboxylic acids is 1. The number of carboxylic acids is 1. The summed E-state index contributed by atoms with van der Waals surface area (Å²) in [6.45, 7) is 3.36. The topological polar surface area (TPSA) is 59.4 Å². The van der Waals surface area contributed by atoms with Gasteiger partial charge in [-0.05, 0) is 6.92 Å². The Morgan fingerprint density at radius 3 is 3.07 bits per heavy atom. The van der Waals surface area contributed by atoms with Gasteiger partial charge in [-0.3, -0.25) is 4.79 Å². The zero-order valence-corrected chi connectivity index (χ0v) is 9.55. The highest BCUT2D eigenvalue weighted by molar-refractivity contribution is 7.09. The second-order valence-corrected chi connectivity index (χ2v) is 4.02. The fourth-order valence-electron chi connectivity index (χ4n) is 1.12. The molecule has 1 rings (SSSR count). The van der Waals surface area contributed by atoms with Crippen LogP contribution in [0.5, 0.6) is 0 Å². The number of hydrogen-bond acceptors (Lipinski definition) is 4. The molecule has 0 fully saturated rings. The number of thiazole rings is 1. The van der Waals surface area contributed by atoms with E-state index in [9.17, 15) is 4.79 Å². The normalized spacial score (nSPS) is 10.5. The van der Waals surface area contributed by atoms with Crippen LogP contribution in [0.25, 0.3) is 0 Å². The Kier molecular flexibility index (Phi) is 5.28. The lowest BCUT2D eigenvalue weighted by molar-refractivity contribution is -0.136. The molecule has 0 radical (unpaired) electrons. The lowest BCUT2D eigenvalue weighted by Gasteiger charge is -1.96. The Hall–Kier alpha value is -0.940. The van der Waals surface area contributed by atoms with E-state index in [0.717, 1.165) is 23.7 Å². The molecular weight excluding hydrogens is 214 g/mol. The molecule has 4 nitrogen and oxygen atoms in total. The molecule has 1 aromatic heterocycles. The van der Waals surface area contributed by atoms with Crippen LogP contribution in [0.15, 0.2) is 5.38 Å². The highest BCUT2D eigenvalue weighted by Gasteiger charge is 2.04. The maximum Gasteiger partial charge on any atom is 0.303 e. The summed E-state index contributed by atoms with van der Waals surface area (Å²) in [7, 11) is 0. The van der Waals surface area contributed by atoms with E-state index < -0.39 is 5.97 Å². The van der Waals surface area contributed by atoms with Gasteiger partial charge in [-0.15, -0.1) is 11.3 Å². The first-order chi connectivity index (χ1) is 7.22. The molecule has 0 spiro atoms. The third-order valence-electron chi connectivity index (χ3n) is 1.86. The second kappa shape index (κ2) is 6.53. The molecular formula is C10H15NO3S. The SMILES string of the molecule is CCOCCc1nc(CCC(=O)O)cs1. The highest BCUT2D eigenvalue weighted by Crippen LogP contribution is 2.12. The van der Waals surface area contributed by atoms with Gasteiger partial charge in [-0.25, -0.2) is 4.98 Å². The summed E-state index contributed by atoms with van der Waals surface area (Å²) in [4.78, 5) is 14.7. The van der Waals surface area contributed by atoms with E-state index in [1.165, 1.54) is 0 Å². The Labute approximate surface area is 92.9 Å². The summed E-state index contributed by atoms with van der Waals surface area (Å²) in [5, 5.41) is 11.4. The minimum Gasteiger partial charge on any atom is -0.481 e. The molecule has 0 saturated carbocycles. The monoisotopic (exact) mass is 229 g/mol. The number of ether oxygens (including phenoxy) is 1. The quantitative estimate of drug-likeness (QED) is 0.723. The van der Waals surface area contributed by atoms with Gasteiger partial charge in [0.25, 0.3) is 0 Å². The van der Waals surface area contributed by atoms with Crippen molar-refractivity contribution in [1.29, 1.82) is 0 Å². The molecule has 15 heavy (non-hydrogen) atoms. The van der Waals surface area contributed by atoms with Crippen LogP contribution in [0.3, 0.4) is 0 Å². The molecule has 0 bridgehead atoms. The van der Waals surface area contributed by atoms with E-state index in [0.29, 0.717) is 13.0 Å². The molecule has 0 aliphatic rings. The number of nitrogens with zero attached hydrogens (tertiary/aromatic N) is 1. The number of rotatable bonds is 7. The predicted molar refractivity (Wildman–Crippen MR) is 58.3 cm³/mol. The van der Waals surface area contributed by atoms with E-state index in [2.05, 4.69) is 4.98 Å². The molecule has 1 aromatic rings. The van der Waals surface area contributed by atoms with E-state index in [-0.39, 0.29) is 6.42 Å². The van der Waals surface area contributed by atoms with E-state index in [4.69, 9.17) is 9.84 Å². The molecule has 1 heterocycles. The van der Waals surface area contributed by atoms with Gasteiger partial charge < -0.3 is 9.84 Å². The van der Waals surface area contributed by atoms with Gasteiger partial charge in [0.15, 0.2) is 0 Å². The molecule has 0 unspecified atom stereocenters. The summed E-state index contributed by atoms with van der Waals surface area (Å²) in [5.41, 5.74) is 0.869. The molecule has 0 saturated heterocycles. The summed E-state index contributed by atoms with van der Waals surface area (Å²) in [6.07, 6.45) is 1.47. The zero-order chi connectivity index (χ0) is 11.1. The van der Waals surface area contributed by atoms with Gasteiger partial charge in [0.2, 0.25) is 0 Å². The second-order valence-electron chi connectivity index (χ2n) is 3.07. The van der Waals surface area contributed by atoms with Gasteiger partial charge >= 0.3 is 5.97 Å². The Morgan fingerprint density at radius 1 is 1.60 bits per heavy atom. The van der Waals surface area contributed by atoms with Crippen LogP contribution >= 0.6 is 11.3 Å². The molecule has 5 heteroatoms. The van der Waals surface area contributed by atoms with Crippen molar-refractivity contribution in [2.45, 2.75) is 26.2 Å². The standard InChI is InChI=1S/C10H15NO3S/c1-2-14-6-5-9-11-8(7-15-9)3-4-10(12)13/h7H,2-6H2,1H3,(H,12,13). The van der Waals surface area contributed by atoms with Crippen molar-refractivity contribution < 1.29 is 14.6 Å². The van der Waals surface area contributed by atoms with Gasteiger partial charge in [-0.2, -0.15) is 0 Å². The van der Waals surface area contributed by atoms with Crippen molar-refractivity contribution in [3.8, 4) is 0 Å². The van der Waals surface area contributed by atoms with Gasteiger partial charge in [-0.1, -0.05) is 0 Å². The first kappa shape index (κ1) is 12.1. The number of carbonyl (C=O) groups is 1. The summed E-state index contributed by atoms with van der Waals surface area (Å²) in [5.74, 6) is -0.779. The maximum absolute atomic E-state index is 10.3. The Morgan fingerprint density at radius 2 is 2.40 bits per heavy atom. The van der Waals surface area contributed by atoms with Crippen molar-refractivity contribution in [3.05, 3.63) is 16.1 Å². The van der Waals surface area contributed by atoms with Gasteiger partial charge in [0.1, 0.15) is 0 Å². The summed E-state index contributed by atoms with van der Waals surface area (Å²) >= 11 is 1.57. The average molecular weight is 229 g/mol. The predicted octanol–water partition coefficient (Wildman–Crippen LogP) is 1.74. The first-order valence-corrected chi connectivity index (χ1v) is 5.83. The van der Waals surface area contributed by atoms with Crippen LogP contribution in [0, 0.1) is 0 Å². The number of aryl methyl sites for hydroxylation is 1. The van der Waals surface area contributed by atoms with Crippen LogP contribution in [-0.2, 0) is 22.4 Å². The Bertz CT molecular complexity index is 311. The number of hydrogen-bond donors (Lipinski definition) is 1. The third-order valence-corrected chi connectivity index (χ3v) is 2.82. The molecule has 0 aliphatic carbocycles. The lowest BCUT2D eigenvalue weighted by Crippen LogP contribution is -1.99. The Balaban J connectivity index is 2.32. The van der Waals surface area contributed by atoms with Crippen LogP contribution < -0.4 is 0 Å². The number of carboxylic acid groups (broad SMARTS) is 1. The smallest absolute Gasteiger partial charge is 0.303 e. The largest absolute Gasteiger partial charge is 0.481 e. The fourth-order valence-corrected chi connectivity index (χ4v) is 1.93. The van der Waals surface area contributed by atoms with Crippen LogP contribution in [0.4, 0.5) is 0 Å². The van der Waals surface area contributed by atoms with Crippen molar-refractivity contribution in [2.24, 2.45) is 0 Å². The highest BCUT2D eigenvalue weighted by atomic mass is 32.1. The van der Waals surface area contributed by atoms with Gasteiger partial charge in [0, 0.05) is 24.8 Å². The van der Waals surface area contributed by atoms with Crippen molar-refractivity contribution >= 4 is 17.3 Å². The fraction of sp³-hybridized carbons (Fsp3) is 0.600. The molecule has 0 aliphatic heterocycles. The molecule has 84 valence electrons. The summed E-state index contributed by atoms with van der Waals surface area (Å²) < 4.78 is 5.22. The molecule has 0 atom stereocenters. The molecule has 1 N–H and O–H groups in total. The van der Waals surface area contributed by atoms with Crippen molar-refractivity contribution in [2.75, 3.05) is 13.2 Å². The van der Waals surface area contributed by atoms with Crippen molar-refractivity contribution in [3.63, 3.8) is 0 Å². The molecule has 0 amide bonds. The lowest BCUT2D eigenvalue weighted by atomic mass is 10.2. The summed E-state index contributed by atoms with van der Waals surface area (Å²) in [6, 6.07) is 0. The van der Waals surface area contributed by atoms with E-state index in [1.54, 1.807) is 11.3 Å². The minimum absolute atomic E-state index is 0.147. The van der Waals surface area contributed by atoms with Crippen LogP contribution in [0.1, 0.15) is 24.0 Å². The third kappa shape index (κ3) is 4.90. The van der Waals surface area contributed by atoms with Crippen LogP contribution in [0.2, 0.25) is 0 Å². The van der Waals surface area contributed by atoms with Crippen LogP contribution in [-0.4, -0.2) is 29.3 Å². The van der Waals surface area contributed by atoms with E-state index >= 15 is 0 Å². The first-order valence-electron chi connectivity index (χ1n) is 4.95. The minimum atomic E-state index is -0.779. The zero-order valence-electron chi connectivity index (χ0n) is 8.73. The number of aromatic nitrogens is 1. The molecule has 0 aromatic carbocycles. The van der Waals surface area contributed by atoms with Crippen molar-refractivity contribution in [1.82, 2.24) is 4.98 Å². The average Bonchev–Trinajstić information content (AvgIpc) is 2.63. The van der Waals surface area contributed by atoms with E-state index in [1.807, 2.05) is 12.3 Å².